The van der Waals surface area contributed by atoms with Gasteiger partial charge >= 0.3 is 5.97 Å². The highest BCUT2D eigenvalue weighted by atomic mass is 16.5. The minimum absolute atomic E-state index is 0.128. The van der Waals surface area contributed by atoms with Crippen LogP contribution in [0.3, 0.4) is 0 Å². The number of nitrogens with one attached hydrogen (secondary N) is 2. The quantitative estimate of drug-likeness (QED) is 0.475. The van der Waals surface area contributed by atoms with E-state index in [1.807, 2.05) is 20.8 Å². The molecule has 26 heavy (non-hydrogen) atoms. The monoisotopic (exact) mass is 353 g/mol. The lowest BCUT2D eigenvalue weighted by molar-refractivity contribution is -0.119. The molecule has 0 heterocycles. The number of anilines is 1. The minimum Gasteiger partial charge on any atom is -0.465 e. The average molecular weight is 353 g/mol. The molecule has 6 nitrogen and oxygen atoms in total. The van der Waals surface area contributed by atoms with Crippen LogP contribution < -0.4 is 10.7 Å². The van der Waals surface area contributed by atoms with Gasteiger partial charge in [-0.05, 0) is 49.6 Å². The van der Waals surface area contributed by atoms with Gasteiger partial charge in [0.15, 0.2) is 0 Å². The van der Waals surface area contributed by atoms with Gasteiger partial charge in [0.25, 0.3) is 5.91 Å². The number of carbonyl (C=O) groups is 2. The predicted octanol–water partition coefficient (Wildman–Crippen LogP) is 2.96. The summed E-state index contributed by atoms with van der Waals surface area (Å²) in [6, 6.07) is 10.9. The van der Waals surface area contributed by atoms with E-state index in [0.717, 1.165) is 22.4 Å². The number of benzene rings is 2. The van der Waals surface area contributed by atoms with E-state index in [-0.39, 0.29) is 12.5 Å². The first-order valence-corrected chi connectivity index (χ1v) is 8.22. The summed E-state index contributed by atoms with van der Waals surface area (Å²) in [5, 5.41) is 7.07. The van der Waals surface area contributed by atoms with E-state index in [9.17, 15) is 9.59 Å². The number of esters is 1. The van der Waals surface area contributed by atoms with Crippen molar-refractivity contribution in [2.24, 2.45) is 5.10 Å². The van der Waals surface area contributed by atoms with Crippen molar-refractivity contribution in [3.63, 3.8) is 0 Å². The molecule has 1 amide bonds. The summed E-state index contributed by atoms with van der Waals surface area (Å²) < 4.78 is 4.64. The summed E-state index contributed by atoms with van der Waals surface area (Å²) in [6.07, 6.45) is 1.52. The maximum absolute atomic E-state index is 11.9. The van der Waals surface area contributed by atoms with E-state index >= 15 is 0 Å². The number of methoxy groups -OCH3 is 1. The standard InChI is InChI=1S/C20H23N3O3/c1-13-9-14(2)19(15(3)10-13)21-12-18(24)23-22-11-16-5-7-17(8-6-16)20(25)26-4/h5-11,21H,12H2,1-4H3,(H,23,24)/b22-11-. The largest absolute Gasteiger partial charge is 0.465 e. The van der Waals surface area contributed by atoms with Crippen molar-refractivity contribution < 1.29 is 14.3 Å². The lowest BCUT2D eigenvalue weighted by Gasteiger charge is -2.13. The van der Waals surface area contributed by atoms with Crippen LogP contribution in [0.4, 0.5) is 5.69 Å². The normalized spacial score (nSPS) is 10.6. The smallest absolute Gasteiger partial charge is 0.337 e. The molecular formula is C20H23N3O3. The highest BCUT2D eigenvalue weighted by Gasteiger charge is 2.06. The van der Waals surface area contributed by atoms with Crippen LogP contribution in [0, 0.1) is 20.8 Å². The molecule has 0 aliphatic rings. The Morgan fingerprint density at radius 3 is 2.27 bits per heavy atom. The van der Waals surface area contributed by atoms with Crippen LogP contribution in [0.2, 0.25) is 0 Å². The van der Waals surface area contributed by atoms with Gasteiger partial charge < -0.3 is 10.1 Å². The average Bonchev–Trinajstić information content (AvgIpc) is 2.60. The molecule has 0 bridgehead atoms. The molecule has 2 N–H and O–H groups in total. The SMILES string of the molecule is COC(=O)c1ccc(/C=N\NC(=O)CNc2c(C)cc(C)cc2C)cc1. The van der Waals surface area contributed by atoms with Gasteiger partial charge in [-0.3, -0.25) is 4.79 Å². The fourth-order valence-electron chi connectivity index (χ4n) is 2.67. The molecule has 2 rings (SSSR count). The molecule has 6 heteroatoms. The number of ether oxygens (including phenoxy) is 1. The number of aryl methyl sites for hydroxylation is 3. The maximum Gasteiger partial charge on any atom is 0.337 e. The Labute approximate surface area is 153 Å². The molecule has 0 fully saturated rings. The van der Waals surface area contributed by atoms with E-state index in [4.69, 9.17) is 0 Å². The highest BCUT2D eigenvalue weighted by Crippen LogP contribution is 2.21. The first-order chi connectivity index (χ1) is 12.4. The summed E-state index contributed by atoms with van der Waals surface area (Å²) in [6.45, 7) is 6.19. The molecule has 0 spiro atoms. The van der Waals surface area contributed by atoms with Gasteiger partial charge in [0.1, 0.15) is 0 Å². The zero-order chi connectivity index (χ0) is 19.1. The van der Waals surface area contributed by atoms with Crippen LogP contribution in [0.25, 0.3) is 0 Å². The molecule has 0 unspecified atom stereocenters. The molecule has 2 aromatic rings. The summed E-state index contributed by atoms with van der Waals surface area (Å²) in [7, 11) is 1.33. The second-order valence-electron chi connectivity index (χ2n) is 6.03. The second kappa shape index (κ2) is 8.80. The van der Waals surface area contributed by atoms with Crippen LogP contribution in [0.5, 0.6) is 0 Å². The number of nitrogens with zero attached hydrogens (tertiary/aromatic N) is 1. The Kier molecular flexibility index (Phi) is 6.49. The number of rotatable bonds is 6. The summed E-state index contributed by atoms with van der Waals surface area (Å²) in [5.41, 5.74) is 8.06. The van der Waals surface area contributed by atoms with Crippen molar-refractivity contribution in [3.05, 3.63) is 64.2 Å². The third-order valence-corrected chi connectivity index (χ3v) is 3.84. The van der Waals surface area contributed by atoms with E-state index in [1.165, 1.54) is 18.9 Å². The van der Waals surface area contributed by atoms with E-state index in [0.29, 0.717) is 5.56 Å². The van der Waals surface area contributed by atoms with Crippen molar-refractivity contribution in [2.45, 2.75) is 20.8 Å². The van der Waals surface area contributed by atoms with Crippen LogP contribution in [0.15, 0.2) is 41.5 Å². The van der Waals surface area contributed by atoms with Crippen molar-refractivity contribution in [2.75, 3.05) is 19.0 Å². The number of hydrogen-bond donors (Lipinski definition) is 2. The van der Waals surface area contributed by atoms with Gasteiger partial charge in [0.05, 0.1) is 25.4 Å². The zero-order valence-corrected chi connectivity index (χ0v) is 15.4. The van der Waals surface area contributed by atoms with Gasteiger partial charge in [-0.25, -0.2) is 10.2 Å². The van der Waals surface area contributed by atoms with E-state index in [2.05, 4.69) is 32.7 Å². The number of hydrazone groups is 1. The van der Waals surface area contributed by atoms with Crippen molar-refractivity contribution >= 4 is 23.8 Å². The molecule has 0 aliphatic carbocycles. The van der Waals surface area contributed by atoms with E-state index < -0.39 is 5.97 Å². The summed E-state index contributed by atoms with van der Waals surface area (Å²) >= 11 is 0. The number of hydrogen-bond acceptors (Lipinski definition) is 5. The Bertz CT molecular complexity index is 804. The van der Waals surface area contributed by atoms with Crippen molar-refractivity contribution in [3.8, 4) is 0 Å². The highest BCUT2D eigenvalue weighted by molar-refractivity contribution is 5.91. The maximum atomic E-state index is 11.9. The Balaban J connectivity index is 1.87. The minimum atomic E-state index is -0.394. The van der Waals surface area contributed by atoms with Crippen molar-refractivity contribution in [1.82, 2.24) is 5.43 Å². The predicted molar refractivity (Wildman–Crippen MR) is 103 cm³/mol. The Morgan fingerprint density at radius 1 is 1.08 bits per heavy atom. The molecule has 0 atom stereocenters. The van der Waals surface area contributed by atoms with Crippen LogP contribution in [-0.2, 0) is 9.53 Å². The third-order valence-electron chi connectivity index (χ3n) is 3.84. The van der Waals surface area contributed by atoms with Crippen LogP contribution in [0.1, 0.15) is 32.6 Å². The van der Waals surface area contributed by atoms with Gasteiger partial charge in [0.2, 0.25) is 0 Å². The molecule has 0 aromatic heterocycles. The fourth-order valence-corrected chi connectivity index (χ4v) is 2.67. The zero-order valence-electron chi connectivity index (χ0n) is 15.4. The lowest BCUT2D eigenvalue weighted by atomic mass is 10.1. The molecule has 0 radical (unpaired) electrons. The number of amides is 1. The first kappa shape index (κ1) is 19.2. The summed E-state index contributed by atoms with van der Waals surface area (Å²) in [4.78, 5) is 23.3. The molecular weight excluding hydrogens is 330 g/mol. The molecule has 0 saturated carbocycles. The molecule has 0 saturated heterocycles. The van der Waals surface area contributed by atoms with E-state index in [1.54, 1.807) is 24.3 Å². The molecule has 136 valence electrons. The van der Waals surface area contributed by atoms with Crippen molar-refractivity contribution in [1.29, 1.82) is 0 Å². The molecule has 0 aliphatic heterocycles. The van der Waals surface area contributed by atoms with Crippen LogP contribution in [-0.4, -0.2) is 31.7 Å². The van der Waals surface area contributed by atoms with Gasteiger partial charge in [-0.15, -0.1) is 0 Å². The topological polar surface area (TPSA) is 79.8 Å². The lowest BCUT2D eigenvalue weighted by Crippen LogP contribution is -2.26. The van der Waals surface area contributed by atoms with Gasteiger partial charge in [-0.1, -0.05) is 29.8 Å². The Hall–Kier alpha value is -3.15. The van der Waals surface area contributed by atoms with Gasteiger partial charge in [-0.2, -0.15) is 5.10 Å². The summed E-state index contributed by atoms with van der Waals surface area (Å²) in [5.74, 6) is -0.638. The number of carbonyl (C=O) groups excluding carboxylic acids is 2. The first-order valence-electron chi connectivity index (χ1n) is 8.22. The molecule has 2 aromatic carbocycles. The van der Waals surface area contributed by atoms with Gasteiger partial charge in [0, 0.05) is 5.69 Å². The third kappa shape index (κ3) is 5.17. The second-order valence-corrected chi connectivity index (χ2v) is 6.03. The van der Waals surface area contributed by atoms with Crippen LogP contribution >= 0.6 is 0 Å². The fraction of sp³-hybridized carbons (Fsp3) is 0.250. The Morgan fingerprint density at radius 2 is 1.69 bits per heavy atom.